The maximum atomic E-state index is 5.99. The SMILES string of the molecule is COc1ccc([C@@H](c2ccc(Cl)cc2)[C@H]2COCO2)cc1. The lowest BCUT2D eigenvalue weighted by Gasteiger charge is -2.23. The van der Waals surface area contributed by atoms with E-state index in [2.05, 4.69) is 12.1 Å². The fourth-order valence-corrected chi connectivity index (χ4v) is 2.77. The molecule has 1 saturated heterocycles. The van der Waals surface area contributed by atoms with Crippen LogP contribution in [-0.2, 0) is 9.47 Å². The van der Waals surface area contributed by atoms with Crippen molar-refractivity contribution >= 4 is 11.6 Å². The largest absolute Gasteiger partial charge is 0.497 e. The van der Waals surface area contributed by atoms with Gasteiger partial charge in [-0.3, -0.25) is 0 Å². The van der Waals surface area contributed by atoms with Crippen LogP contribution in [0, 0.1) is 0 Å². The van der Waals surface area contributed by atoms with E-state index in [0.29, 0.717) is 13.4 Å². The van der Waals surface area contributed by atoms with Gasteiger partial charge < -0.3 is 14.2 Å². The van der Waals surface area contributed by atoms with E-state index in [1.165, 1.54) is 11.1 Å². The van der Waals surface area contributed by atoms with Gasteiger partial charge in [0.2, 0.25) is 0 Å². The Balaban J connectivity index is 1.96. The van der Waals surface area contributed by atoms with Crippen molar-refractivity contribution in [3.63, 3.8) is 0 Å². The Morgan fingerprint density at radius 2 is 1.67 bits per heavy atom. The van der Waals surface area contributed by atoms with Crippen molar-refractivity contribution in [1.29, 1.82) is 0 Å². The first kappa shape index (κ1) is 14.4. The molecule has 3 rings (SSSR count). The fraction of sp³-hybridized carbons (Fsp3) is 0.294. The molecule has 0 aliphatic carbocycles. The third-order valence-corrected chi connectivity index (χ3v) is 3.98. The molecule has 1 fully saturated rings. The summed E-state index contributed by atoms with van der Waals surface area (Å²) >= 11 is 5.99. The number of halogens is 1. The van der Waals surface area contributed by atoms with Crippen LogP contribution in [0.5, 0.6) is 5.75 Å². The number of methoxy groups -OCH3 is 1. The molecule has 2 aromatic rings. The first-order valence-electron chi connectivity index (χ1n) is 6.86. The highest BCUT2D eigenvalue weighted by Crippen LogP contribution is 2.33. The molecule has 2 atom stereocenters. The summed E-state index contributed by atoms with van der Waals surface area (Å²) in [6.45, 7) is 0.949. The van der Waals surface area contributed by atoms with Crippen molar-refractivity contribution in [3.8, 4) is 5.75 Å². The van der Waals surface area contributed by atoms with Gasteiger partial charge in [0.15, 0.2) is 0 Å². The fourth-order valence-electron chi connectivity index (χ4n) is 2.64. The van der Waals surface area contributed by atoms with E-state index in [1.807, 2.05) is 36.4 Å². The summed E-state index contributed by atoms with van der Waals surface area (Å²) in [5.41, 5.74) is 2.34. The van der Waals surface area contributed by atoms with Gasteiger partial charge in [0.25, 0.3) is 0 Å². The van der Waals surface area contributed by atoms with Crippen molar-refractivity contribution in [2.75, 3.05) is 20.5 Å². The van der Waals surface area contributed by atoms with Gasteiger partial charge in [-0.1, -0.05) is 35.9 Å². The molecule has 3 nitrogen and oxygen atoms in total. The zero-order chi connectivity index (χ0) is 14.7. The standard InChI is InChI=1S/C17H17ClO3/c1-19-15-8-4-13(5-9-15)17(16-10-20-11-21-16)12-2-6-14(18)7-3-12/h2-9,16-17H,10-11H2,1H3/t16-,17-/m1/s1. The summed E-state index contributed by atoms with van der Waals surface area (Å²) in [6.07, 6.45) is 0.0135. The van der Waals surface area contributed by atoms with Crippen molar-refractivity contribution < 1.29 is 14.2 Å². The second kappa shape index (κ2) is 6.48. The molecule has 0 radical (unpaired) electrons. The number of hydrogen-bond acceptors (Lipinski definition) is 3. The summed E-state index contributed by atoms with van der Waals surface area (Å²) < 4.78 is 16.3. The number of benzene rings is 2. The highest BCUT2D eigenvalue weighted by Gasteiger charge is 2.29. The highest BCUT2D eigenvalue weighted by molar-refractivity contribution is 6.30. The predicted octanol–water partition coefficient (Wildman–Crippen LogP) is 3.85. The minimum absolute atomic E-state index is 0.0135. The van der Waals surface area contributed by atoms with Crippen LogP contribution in [0.2, 0.25) is 5.02 Å². The summed E-state index contributed by atoms with van der Waals surface area (Å²) in [4.78, 5) is 0. The topological polar surface area (TPSA) is 27.7 Å². The average Bonchev–Trinajstić information content (AvgIpc) is 3.04. The van der Waals surface area contributed by atoms with Crippen LogP contribution in [0.1, 0.15) is 17.0 Å². The van der Waals surface area contributed by atoms with Gasteiger partial charge in [0.1, 0.15) is 12.5 Å². The van der Waals surface area contributed by atoms with Crippen LogP contribution in [0.3, 0.4) is 0 Å². The molecule has 4 heteroatoms. The molecule has 0 saturated carbocycles. The maximum Gasteiger partial charge on any atom is 0.147 e. The molecule has 0 spiro atoms. The molecule has 0 amide bonds. The van der Waals surface area contributed by atoms with Crippen molar-refractivity contribution in [3.05, 3.63) is 64.7 Å². The zero-order valence-corrected chi connectivity index (χ0v) is 12.5. The Labute approximate surface area is 129 Å². The van der Waals surface area contributed by atoms with Gasteiger partial charge in [-0.25, -0.2) is 0 Å². The Kier molecular flexibility index (Phi) is 4.44. The van der Waals surface area contributed by atoms with Crippen LogP contribution < -0.4 is 4.74 Å². The quantitative estimate of drug-likeness (QED) is 0.858. The van der Waals surface area contributed by atoms with Gasteiger partial charge in [0, 0.05) is 10.9 Å². The monoisotopic (exact) mass is 304 g/mol. The molecule has 21 heavy (non-hydrogen) atoms. The van der Waals surface area contributed by atoms with Gasteiger partial charge in [-0.05, 0) is 35.4 Å². The number of ether oxygens (including phenoxy) is 3. The van der Waals surface area contributed by atoms with Gasteiger partial charge in [0.05, 0.1) is 19.8 Å². The number of hydrogen-bond donors (Lipinski definition) is 0. The van der Waals surface area contributed by atoms with E-state index in [4.69, 9.17) is 25.8 Å². The van der Waals surface area contributed by atoms with Crippen LogP contribution in [0.25, 0.3) is 0 Å². The van der Waals surface area contributed by atoms with E-state index in [0.717, 1.165) is 10.8 Å². The van der Waals surface area contributed by atoms with E-state index >= 15 is 0 Å². The van der Waals surface area contributed by atoms with E-state index in [-0.39, 0.29) is 12.0 Å². The van der Waals surface area contributed by atoms with Crippen LogP contribution in [0.4, 0.5) is 0 Å². The summed E-state index contributed by atoms with van der Waals surface area (Å²) in [6, 6.07) is 16.0. The minimum atomic E-state index is 0.0135. The molecule has 1 aliphatic heterocycles. The minimum Gasteiger partial charge on any atom is -0.497 e. The molecule has 110 valence electrons. The third kappa shape index (κ3) is 3.21. The number of rotatable bonds is 4. The smallest absolute Gasteiger partial charge is 0.147 e. The second-order valence-electron chi connectivity index (χ2n) is 5.00. The van der Waals surface area contributed by atoms with Crippen molar-refractivity contribution in [2.24, 2.45) is 0 Å². The van der Waals surface area contributed by atoms with Crippen molar-refractivity contribution in [2.45, 2.75) is 12.0 Å². The predicted molar refractivity (Wildman–Crippen MR) is 82.0 cm³/mol. The molecular formula is C17H17ClO3. The van der Waals surface area contributed by atoms with Crippen molar-refractivity contribution in [1.82, 2.24) is 0 Å². The van der Waals surface area contributed by atoms with E-state index in [1.54, 1.807) is 7.11 Å². The van der Waals surface area contributed by atoms with E-state index < -0.39 is 0 Å². The van der Waals surface area contributed by atoms with Gasteiger partial charge in [-0.2, -0.15) is 0 Å². The zero-order valence-electron chi connectivity index (χ0n) is 11.8. The average molecular weight is 305 g/mol. The lowest BCUT2D eigenvalue weighted by Crippen LogP contribution is -2.22. The molecule has 0 unspecified atom stereocenters. The molecule has 0 bridgehead atoms. The Morgan fingerprint density at radius 1 is 1.05 bits per heavy atom. The third-order valence-electron chi connectivity index (χ3n) is 3.72. The highest BCUT2D eigenvalue weighted by atomic mass is 35.5. The lowest BCUT2D eigenvalue weighted by atomic mass is 9.87. The molecule has 1 aliphatic rings. The molecule has 1 heterocycles. The molecule has 0 aromatic heterocycles. The normalized spacial score (nSPS) is 19.4. The summed E-state index contributed by atoms with van der Waals surface area (Å²) in [5.74, 6) is 0.966. The maximum absolute atomic E-state index is 5.99. The first-order valence-corrected chi connectivity index (χ1v) is 7.24. The van der Waals surface area contributed by atoms with Crippen LogP contribution in [-0.4, -0.2) is 26.6 Å². The van der Waals surface area contributed by atoms with Gasteiger partial charge >= 0.3 is 0 Å². The molecule has 2 aromatic carbocycles. The Hall–Kier alpha value is -1.55. The van der Waals surface area contributed by atoms with Crippen LogP contribution >= 0.6 is 11.6 Å². The van der Waals surface area contributed by atoms with E-state index in [9.17, 15) is 0 Å². The second-order valence-corrected chi connectivity index (χ2v) is 5.43. The Morgan fingerprint density at radius 3 is 2.19 bits per heavy atom. The molecule has 0 N–H and O–H groups in total. The van der Waals surface area contributed by atoms with Gasteiger partial charge in [-0.15, -0.1) is 0 Å². The molecular weight excluding hydrogens is 288 g/mol. The summed E-state index contributed by atoms with van der Waals surface area (Å²) in [5, 5.41) is 0.732. The summed E-state index contributed by atoms with van der Waals surface area (Å²) in [7, 11) is 1.67. The first-order chi connectivity index (χ1) is 10.3. The van der Waals surface area contributed by atoms with Crippen LogP contribution in [0.15, 0.2) is 48.5 Å². The lowest BCUT2D eigenvalue weighted by molar-refractivity contribution is 0.0426. The Bertz CT molecular complexity index is 574.